The maximum absolute atomic E-state index is 4.61. The molecule has 2 nitrogen and oxygen atoms in total. The van der Waals surface area contributed by atoms with Crippen LogP contribution in [0.25, 0.3) is 10.2 Å². The Bertz CT molecular complexity index is 640. The van der Waals surface area contributed by atoms with E-state index in [-0.39, 0.29) is 0 Å². The molecule has 0 saturated heterocycles. The summed E-state index contributed by atoms with van der Waals surface area (Å²) in [5.74, 6) is 0. The van der Waals surface area contributed by atoms with Crippen LogP contribution in [0.5, 0.6) is 0 Å². The van der Waals surface area contributed by atoms with Crippen molar-refractivity contribution in [3.05, 3.63) is 59.1 Å². The van der Waals surface area contributed by atoms with Crippen LogP contribution in [-0.4, -0.2) is 4.98 Å². The molecule has 1 heterocycles. The molecular formula is C15H14N2S. The van der Waals surface area contributed by atoms with Crippen LogP contribution in [0.15, 0.2) is 48.5 Å². The molecule has 0 aliphatic rings. The van der Waals surface area contributed by atoms with Gasteiger partial charge < -0.3 is 5.32 Å². The minimum atomic E-state index is 0.782. The summed E-state index contributed by atoms with van der Waals surface area (Å²) in [4.78, 5) is 4.61. The highest BCUT2D eigenvalue weighted by atomic mass is 32.1. The first-order valence-electron chi connectivity index (χ1n) is 5.97. The number of anilines is 1. The van der Waals surface area contributed by atoms with Gasteiger partial charge in [-0.25, -0.2) is 4.98 Å². The van der Waals surface area contributed by atoms with Crippen LogP contribution in [-0.2, 0) is 6.54 Å². The summed E-state index contributed by atoms with van der Waals surface area (Å²) < 4.78 is 1.25. The molecule has 0 fully saturated rings. The number of hydrogen-bond acceptors (Lipinski definition) is 3. The molecule has 0 radical (unpaired) electrons. The van der Waals surface area contributed by atoms with Crippen LogP contribution in [0.3, 0.4) is 0 Å². The number of aromatic nitrogens is 1. The molecule has 1 aromatic heterocycles. The lowest BCUT2D eigenvalue weighted by Gasteiger charge is -2.06. The summed E-state index contributed by atoms with van der Waals surface area (Å²) >= 11 is 1.75. The number of rotatable bonds is 3. The van der Waals surface area contributed by atoms with Gasteiger partial charge in [0.1, 0.15) is 5.01 Å². The van der Waals surface area contributed by atoms with Gasteiger partial charge in [-0.3, -0.25) is 0 Å². The summed E-state index contributed by atoms with van der Waals surface area (Å²) in [6.45, 7) is 2.89. The Hall–Kier alpha value is -1.87. The largest absolute Gasteiger partial charge is 0.378 e. The first kappa shape index (κ1) is 11.2. The van der Waals surface area contributed by atoms with E-state index >= 15 is 0 Å². The maximum Gasteiger partial charge on any atom is 0.113 e. The SMILES string of the molecule is Cc1ccccc1NCc1nc2ccccc2s1. The maximum atomic E-state index is 4.61. The van der Waals surface area contributed by atoms with Crippen molar-refractivity contribution in [2.24, 2.45) is 0 Å². The van der Waals surface area contributed by atoms with Gasteiger partial charge in [0.2, 0.25) is 0 Å². The fourth-order valence-electron chi connectivity index (χ4n) is 1.94. The molecule has 1 N–H and O–H groups in total. The van der Waals surface area contributed by atoms with Crippen LogP contribution in [0.4, 0.5) is 5.69 Å². The zero-order valence-corrected chi connectivity index (χ0v) is 11.0. The zero-order valence-electron chi connectivity index (χ0n) is 10.2. The zero-order chi connectivity index (χ0) is 12.4. The number of hydrogen-bond donors (Lipinski definition) is 1. The normalized spacial score (nSPS) is 10.7. The number of thiazole rings is 1. The average Bonchev–Trinajstić information content (AvgIpc) is 2.80. The minimum Gasteiger partial charge on any atom is -0.378 e. The van der Waals surface area contributed by atoms with Crippen LogP contribution in [0.1, 0.15) is 10.6 Å². The van der Waals surface area contributed by atoms with E-state index in [0.717, 1.165) is 17.1 Å². The summed E-state index contributed by atoms with van der Waals surface area (Å²) in [5.41, 5.74) is 3.53. The Kier molecular flexibility index (Phi) is 2.99. The molecule has 0 unspecified atom stereocenters. The van der Waals surface area contributed by atoms with Crippen molar-refractivity contribution >= 4 is 27.2 Å². The summed E-state index contributed by atoms with van der Waals surface area (Å²) in [7, 11) is 0. The van der Waals surface area contributed by atoms with Crippen molar-refractivity contribution in [3.63, 3.8) is 0 Å². The van der Waals surface area contributed by atoms with Gasteiger partial charge in [-0.05, 0) is 30.7 Å². The fourth-order valence-corrected chi connectivity index (χ4v) is 2.84. The lowest BCUT2D eigenvalue weighted by molar-refractivity contribution is 1.11. The number of fused-ring (bicyclic) bond motifs is 1. The van der Waals surface area contributed by atoms with Crippen LogP contribution < -0.4 is 5.32 Å². The molecule has 0 spiro atoms. The summed E-state index contributed by atoms with van der Waals surface area (Å²) in [6, 6.07) is 16.6. The molecule has 18 heavy (non-hydrogen) atoms. The monoisotopic (exact) mass is 254 g/mol. The van der Waals surface area contributed by atoms with Crippen molar-refractivity contribution in [1.29, 1.82) is 0 Å². The van der Waals surface area contributed by atoms with Crippen molar-refractivity contribution in [3.8, 4) is 0 Å². The van der Waals surface area contributed by atoms with E-state index in [9.17, 15) is 0 Å². The molecular weight excluding hydrogens is 240 g/mol. The third-order valence-electron chi connectivity index (χ3n) is 2.91. The van der Waals surface area contributed by atoms with Crippen molar-refractivity contribution in [2.75, 3.05) is 5.32 Å². The van der Waals surface area contributed by atoms with Gasteiger partial charge in [0, 0.05) is 5.69 Å². The summed E-state index contributed by atoms with van der Waals surface area (Å²) in [5, 5.41) is 4.56. The fraction of sp³-hybridized carbons (Fsp3) is 0.133. The van der Waals surface area contributed by atoms with Crippen molar-refractivity contribution < 1.29 is 0 Å². The van der Waals surface area contributed by atoms with E-state index in [1.165, 1.54) is 16.0 Å². The first-order valence-corrected chi connectivity index (χ1v) is 6.78. The number of benzene rings is 2. The second-order valence-electron chi connectivity index (χ2n) is 4.24. The predicted octanol–water partition coefficient (Wildman–Crippen LogP) is 4.22. The standard InChI is InChI=1S/C15H14N2S/c1-11-6-2-3-7-12(11)16-10-15-17-13-8-4-5-9-14(13)18-15/h2-9,16H,10H2,1H3. The number of nitrogens with one attached hydrogen (secondary N) is 1. The molecule has 0 aliphatic carbocycles. The molecule has 0 amide bonds. The van der Waals surface area contributed by atoms with Gasteiger partial charge in [-0.2, -0.15) is 0 Å². The highest BCUT2D eigenvalue weighted by Gasteiger charge is 2.03. The second kappa shape index (κ2) is 4.78. The van der Waals surface area contributed by atoms with Gasteiger partial charge in [-0.1, -0.05) is 30.3 Å². The molecule has 3 heteroatoms. The van der Waals surface area contributed by atoms with Crippen molar-refractivity contribution in [1.82, 2.24) is 4.98 Å². The molecule has 0 saturated carbocycles. The number of aryl methyl sites for hydroxylation is 1. The van der Waals surface area contributed by atoms with Gasteiger partial charge >= 0.3 is 0 Å². The van der Waals surface area contributed by atoms with E-state index in [4.69, 9.17) is 0 Å². The highest BCUT2D eigenvalue weighted by Crippen LogP contribution is 2.22. The van der Waals surface area contributed by atoms with Crippen molar-refractivity contribution in [2.45, 2.75) is 13.5 Å². The predicted molar refractivity (Wildman–Crippen MR) is 78.1 cm³/mol. The Morgan fingerprint density at radius 1 is 1.06 bits per heavy atom. The average molecular weight is 254 g/mol. The lowest BCUT2D eigenvalue weighted by atomic mass is 10.2. The molecule has 90 valence electrons. The van der Waals surface area contributed by atoms with Gasteiger partial charge in [0.25, 0.3) is 0 Å². The molecule has 2 aromatic carbocycles. The third kappa shape index (κ3) is 2.22. The van der Waals surface area contributed by atoms with Crippen LogP contribution >= 0.6 is 11.3 Å². The van der Waals surface area contributed by atoms with E-state index in [2.05, 4.69) is 53.6 Å². The molecule has 3 aromatic rings. The smallest absolute Gasteiger partial charge is 0.113 e. The quantitative estimate of drug-likeness (QED) is 0.757. The molecule has 3 rings (SSSR count). The van der Waals surface area contributed by atoms with Gasteiger partial charge in [-0.15, -0.1) is 11.3 Å². The summed E-state index contributed by atoms with van der Waals surface area (Å²) in [6.07, 6.45) is 0. The molecule has 0 bridgehead atoms. The van der Waals surface area contributed by atoms with E-state index in [0.29, 0.717) is 0 Å². The van der Waals surface area contributed by atoms with Gasteiger partial charge in [0.05, 0.1) is 16.8 Å². The number of nitrogens with zero attached hydrogens (tertiary/aromatic N) is 1. The molecule has 0 aliphatic heterocycles. The van der Waals surface area contributed by atoms with Crippen LogP contribution in [0.2, 0.25) is 0 Å². The van der Waals surface area contributed by atoms with E-state index < -0.39 is 0 Å². The Morgan fingerprint density at radius 2 is 1.83 bits per heavy atom. The molecule has 0 atom stereocenters. The van der Waals surface area contributed by atoms with Crippen LogP contribution in [0, 0.1) is 6.92 Å². The van der Waals surface area contributed by atoms with E-state index in [1.807, 2.05) is 12.1 Å². The Balaban J connectivity index is 1.79. The second-order valence-corrected chi connectivity index (χ2v) is 5.36. The van der Waals surface area contributed by atoms with Gasteiger partial charge in [0.15, 0.2) is 0 Å². The van der Waals surface area contributed by atoms with E-state index in [1.54, 1.807) is 11.3 Å². The Morgan fingerprint density at radius 3 is 2.67 bits per heavy atom. The minimum absolute atomic E-state index is 0.782. The topological polar surface area (TPSA) is 24.9 Å². The number of para-hydroxylation sites is 2. The third-order valence-corrected chi connectivity index (χ3v) is 3.95. The first-order chi connectivity index (χ1) is 8.83. The highest BCUT2D eigenvalue weighted by molar-refractivity contribution is 7.18. The Labute approximate surface area is 110 Å². The lowest BCUT2D eigenvalue weighted by Crippen LogP contribution is -2.00.